The number of hydrogen-bond acceptors (Lipinski definition) is 3. The average molecular weight is 380 g/mol. The molecule has 2 aromatic rings. The minimum absolute atomic E-state index is 0.00369. The van der Waals surface area contributed by atoms with Crippen LogP contribution in [0.15, 0.2) is 42.5 Å². The van der Waals surface area contributed by atoms with Crippen LogP contribution in [0.4, 0.5) is 17.1 Å². The van der Waals surface area contributed by atoms with E-state index >= 15 is 0 Å². The van der Waals surface area contributed by atoms with Crippen molar-refractivity contribution in [1.82, 2.24) is 0 Å². The lowest BCUT2D eigenvalue weighted by atomic mass is 10.1. The minimum Gasteiger partial charge on any atom is -0.372 e. The fourth-order valence-corrected chi connectivity index (χ4v) is 3.81. The van der Waals surface area contributed by atoms with Gasteiger partial charge in [-0.3, -0.25) is 9.59 Å². The number of carbonyl (C=O) groups excluding carboxylic acids is 2. The molecule has 28 heavy (non-hydrogen) atoms. The molecule has 0 saturated carbocycles. The molecule has 1 aliphatic heterocycles. The van der Waals surface area contributed by atoms with Crippen molar-refractivity contribution in [2.45, 2.75) is 34.1 Å². The van der Waals surface area contributed by atoms with Gasteiger partial charge in [-0.05, 0) is 63.6 Å². The highest BCUT2D eigenvalue weighted by molar-refractivity contribution is 6.03. The molecule has 0 aliphatic carbocycles. The Bertz CT molecular complexity index is 857. The molecule has 1 N–H and O–H groups in total. The Hall–Kier alpha value is -2.82. The first-order valence-electron chi connectivity index (χ1n) is 9.96. The van der Waals surface area contributed by atoms with Crippen molar-refractivity contribution in [1.29, 1.82) is 0 Å². The number of hydrogen-bond donors (Lipinski definition) is 1. The molecule has 1 atom stereocenters. The van der Waals surface area contributed by atoms with Gasteiger partial charge in [0.25, 0.3) is 0 Å². The van der Waals surface area contributed by atoms with E-state index in [-0.39, 0.29) is 24.2 Å². The molecule has 1 unspecified atom stereocenters. The summed E-state index contributed by atoms with van der Waals surface area (Å²) in [5, 5.41) is 2.97. The van der Waals surface area contributed by atoms with E-state index in [1.54, 1.807) is 4.90 Å². The van der Waals surface area contributed by atoms with Crippen LogP contribution in [-0.4, -0.2) is 31.4 Å². The van der Waals surface area contributed by atoms with Crippen molar-refractivity contribution in [3.8, 4) is 0 Å². The lowest BCUT2D eigenvalue weighted by molar-refractivity contribution is -0.122. The molecule has 3 rings (SSSR count). The molecule has 2 amide bonds. The largest absolute Gasteiger partial charge is 0.372 e. The van der Waals surface area contributed by atoms with Gasteiger partial charge in [0, 0.05) is 43.1 Å². The molecule has 5 nitrogen and oxygen atoms in total. The predicted molar refractivity (Wildman–Crippen MR) is 115 cm³/mol. The molecule has 1 aliphatic rings. The van der Waals surface area contributed by atoms with E-state index in [9.17, 15) is 9.59 Å². The van der Waals surface area contributed by atoms with E-state index in [0.717, 1.165) is 41.3 Å². The van der Waals surface area contributed by atoms with E-state index < -0.39 is 0 Å². The van der Waals surface area contributed by atoms with Gasteiger partial charge in [-0.1, -0.05) is 17.7 Å². The zero-order valence-corrected chi connectivity index (χ0v) is 17.2. The number of anilines is 3. The van der Waals surface area contributed by atoms with Crippen LogP contribution in [0.3, 0.4) is 0 Å². The Balaban J connectivity index is 1.66. The number of benzene rings is 2. The summed E-state index contributed by atoms with van der Waals surface area (Å²) in [6.07, 6.45) is 0.247. The summed E-state index contributed by atoms with van der Waals surface area (Å²) in [6.45, 7) is 10.6. The number of carbonyl (C=O) groups is 2. The molecular formula is C23H29N3O2. The summed E-state index contributed by atoms with van der Waals surface area (Å²) in [5.41, 5.74) is 5.02. The Morgan fingerprint density at radius 3 is 2.39 bits per heavy atom. The molecule has 2 aromatic carbocycles. The van der Waals surface area contributed by atoms with Crippen LogP contribution >= 0.6 is 0 Å². The second-order valence-corrected chi connectivity index (χ2v) is 7.40. The van der Waals surface area contributed by atoms with Crippen LogP contribution in [0, 0.1) is 19.8 Å². The molecule has 5 heteroatoms. The monoisotopic (exact) mass is 379 g/mol. The van der Waals surface area contributed by atoms with Crippen LogP contribution in [0.1, 0.15) is 31.4 Å². The van der Waals surface area contributed by atoms with Gasteiger partial charge in [0.15, 0.2) is 0 Å². The highest BCUT2D eigenvalue weighted by Gasteiger charge is 2.35. The van der Waals surface area contributed by atoms with Gasteiger partial charge >= 0.3 is 0 Å². The fourth-order valence-electron chi connectivity index (χ4n) is 3.81. The smallest absolute Gasteiger partial charge is 0.229 e. The predicted octanol–water partition coefficient (Wildman–Crippen LogP) is 4.14. The average Bonchev–Trinajstić information content (AvgIpc) is 3.06. The molecular weight excluding hydrogens is 350 g/mol. The van der Waals surface area contributed by atoms with Gasteiger partial charge in [0.1, 0.15) is 0 Å². The number of nitrogens with zero attached hydrogens (tertiary/aromatic N) is 2. The third-order valence-electron chi connectivity index (χ3n) is 5.40. The zero-order chi connectivity index (χ0) is 20.3. The lowest BCUT2D eigenvalue weighted by Gasteiger charge is -2.21. The van der Waals surface area contributed by atoms with Gasteiger partial charge in [-0.15, -0.1) is 0 Å². The summed E-state index contributed by atoms with van der Waals surface area (Å²) >= 11 is 0. The molecule has 1 fully saturated rings. The maximum Gasteiger partial charge on any atom is 0.229 e. The van der Waals surface area contributed by atoms with Crippen molar-refractivity contribution in [2.75, 3.05) is 34.8 Å². The highest BCUT2D eigenvalue weighted by Crippen LogP contribution is 2.29. The second kappa shape index (κ2) is 8.46. The first-order chi connectivity index (χ1) is 13.4. The lowest BCUT2D eigenvalue weighted by Crippen LogP contribution is -2.28. The van der Waals surface area contributed by atoms with Crippen molar-refractivity contribution in [2.24, 2.45) is 5.92 Å². The van der Waals surface area contributed by atoms with E-state index in [1.165, 1.54) is 0 Å². The molecule has 0 spiro atoms. The molecule has 148 valence electrons. The zero-order valence-electron chi connectivity index (χ0n) is 17.2. The molecule has 1 saturated heterocycles. The molecule has 0 aromatic heterocycles. The summed E-state index contributed by atoms with van der Waals surface area (Å²) in [5.74, 6) is -0.434. The van der Waals surface area contributed by atoms with Crippen LogP contribution < -0.4 is 15.1 Å². The molecule has 0 bridgehead atoms. The Kier molecular flexibility index (Phi) is 6.02. The minimum atomic E-state index is -0.337. The standard InChI is InChI=1S/C23H29N3O2/c1-5-25(6-2)20-10-8-19(9-11-20)24-23(28)18-14-22(27)26(15-18)21-12-7-16(3)13-17(21)4/h7-13,18H,5-6,14-15H2,1-4H3,(H,24,28). The van der Waals surface area contributed by atoms with Crippen molar-refractivity contribution in [3.05, 3.63) is 53.6 Å². The van der Waals surface area contributed by atoms with Crippen LogP contribution in [0.5, 0.6) is 0 Å². The van der Waals surface area contributed by atoms with Gasteiger partial charge < -0.3 is 15.1 Å². The number of aryl methyl sites for hydroxylation is 2. The van der Waals surface area contributed by atoms with E-state index in [2.05, 4.69) is 30.1 Å². The Morgan fingerprint density at radius 1 is 1.11 bits per heavy atom. The van der Waals surface area contributed by atoms with Gasteiger partial charge in [0.2, 0.25) is 11.8 Å². The van der Waals surface area contributed by atoms with Crippen LogP contribution in [0.2, 0.25) is 0 Å². The summed E-state index contributed by atoms with van der Waals surface area (Å²) in [4.78, 5) is 29.2. The van der Waals surface area contributed by atoms with Crippen LogP contribution in [-0.2, 0) is 9.59 Å². The van der Waals surface area contributed by atoms with E-state index in [4.69, 9.17) is 0 Å². The number of amides is 2. The van der Waals surface area contributed by atoms with Gasteiger partial charge in [0.05, 0.1) is 5.92 Å². The summed E-state index contributed by atoms with van der Waals surface area (Å²) < 4.78 is 0. The van der Waals surface area contributed by atoms with E-state index in [1.807, 2.05) is 50.2 Å². The third kappa shape index (κ3) is 4.19. The molecule has 0 radical (unpaired) electrons. The van der Waals surface area contributed by atoms with Crippen molar-refractivity contribution in [3.63, 3.8) is 0 Å². The Morgan fingerprint density at radius 2 is 1.79 bits per heavy atom. The van der Waals surface area contributed by atoms with Crippen molar-refractivity contribution < 1.29 is 9.59 Å². The third-order valence-corrected chi connectivity index (χ3v) is 5.40. The number of nitrogens with one attached hydrogen (secondary N) is 1. The second-order valence-electron chi connectivity index (χ2n) is 7.40. The SMILES string of the molecule is CCN(CC)c1ccc(NC(=O)C2CC(=O)N(c3ccc(C)cc3C)C2)cc1. The normalized spacial score (nSPS) is 16.4. The highest BCUT2D eigenvalue weighted by atomic mass is 16.2. The summed E-state index contributed by atoms with van der Waals surface area (Å²) in [6, 6.07) is 13.9. The maximum absolute atomic E-state index is 12.7. The van der Waals surface area contributed by atoms with Crippen LogP contribution in [0.25, 0.3) is 0 Å². The first-order valence-corrected chi connectivity index (χ1v) is 9.96. The number of rotatable bonds is 6. The van der Waals surface area contributed by atoms with E-state index in [0.29, 0.717) is 6.54 Å². The van der Waals surface area contributed by atoms with Gasteiger partial charge in [-0.25, -0.2) is 0 Å². The topological polar surface area (TPSA) is 52.7 Å². The Labute approximate surface area is 167 Å². The fraction of sp³-hybridized carbons (Fsp3) is 0.391. The maximum atomic E-state index is 12.7. The molecule has 1 heterocycles. The summed E-state index contributed by atoms with van der Waals surface area (Å²) in [7, 11) is 0. The van der Waals surface area contributed by atoms with Crippen molar-refractivity contribution >= 4 is 28.9 Å². The first kappa shape index (κ1) is 19.9. The quantitative estimate of drug-likeness (QED) is 0.821. The van der Waals surface area contributed by atoms with Gasteiger partial charge in [-0.2, -0.15) is 0 Å².